The summed E-state index contributed by atoms with van der Waals surface area (Å²) in [4.78, 5) is 2.48. The maximum Gasteiger partial charge on any atom is 0.143 e. The standard InChI is InChI=1S/C55H37NO2/c1-55(2)46-20-8-5-15-39(46)43-19-11-22-48(53(43)55)56(37-29-25-34(26-30-37)36-28-32-50-45(33-36)41-17-7-10-23-49(41)57-50)47-21-9-6-16-40(47)42-18-12-24-51-52(42)44-31-27-35-13-3-4-14-38(35)54(44)58-51/h3-33H,1-2H3. The lowest BCUT2D eigenvalue weighted by molar-refractivity contribution is 0.661. The lowest BCUT2D eigenvalue weighted by Gasteiger charge is -2.33. The Balaban J connectivity index is 1.08. The molecule has 0 aliphatic heterocycles. The molecule has 3 nitrogen and oxygen atoms in total. The van der Waals surface area contributed by atoms with Crippen LogP contribution in [0.1, 0.15) is 25.0 Å². The molecule has 0 atom stereocenters. The van der Waals surface area contributed by atoms with Crippen LogP contribution in [0.5, 0.6) is 0 Å². The van der Waals surface area contributed by atoms with Crippen LogP contribution in [0, 0.1) is 0 Å². The molecular formula is C55H37NO2. The molecule has 0 radical (unpaired) electrons. The van der Waals surface area contributed by atoms with Gasteiger partial charge in [0.05, 0.1) is 11.4 Å². The van der Waals surface area contributed by atoms with Crippen LogP contribution in [0.3, 0.4) is 0 Å². The van der Waals surface area contributed by atoms with E-state index in [9.17, 15) is 0 Å². The molecule has 0 bridgehead atoms. The Labute approximate surface area is 336 Å². The van der Waals surface area contributed by atoms with Crippen LogP contribution in [0.25, 0.3) is 88.0 Å². The lowest BCUT2D eigenvalue weighted by Crippen LogP contribution is -2.21. The van der Waals surface area contributed by atoms with Crippen LogP contribution >= 0.6 is 0 Å². The largest absolute Gasteiger partial charge is 0.456 e. The van der Waals surface area contributed by atoms with Gasteiger partial charge in [0, 0.05) is 43.6 Å². The second kappa shape index (κ2) is 12.3. The number of rotatable bonds is 5. The highest BCUT2D eigenvalue weighted by atomic mass is 16.3. The second-order valence-electron chi connectivity index (χ2n) is 16.0. The Hall–Kier alpha value is -7.36. The number of hydrogen-bond donors (Lipinski definition) is 0. The van der Waals surface area contributed by atoms with E-state index in [4.69, 9.17) is 8.83 Å². The summed E-state index contributed by atoms with van der Waals surface area (Å²) in [5.74, 6) is 0. The molecule has 12 rings (SSSR count). The van der Waals surface area contributed by atoms with Crippen LogP contribution in [0.15, 0.2) is 197 Å². The molecule has 9 aromatic carbocycles. The van der Waals surface area contributed by atoms with E-state index < -0.39 is 0 Å². The highest BCUT2D eigenvalue weighted by Gasteiger charge is 2.39. The number of nitrogens with zero attached hydrogens (tertiary/aromatic N) is 1. The molecule has 0 amide bonds. The van der Waals surface area contributed by atoms with Gasteiger partial charge < -0.3 is 13.7 Å². The van der Waals surface area contributed by atoms with Crippen molar-refractivity contribution in [3.05, 3.63) is 199 Å². The van der Waals surface area contributed by atoms with E-state index in [2.05, 4.69) is 195 Å². The molecule has 2 aromatic heterocycles. The van der Waals surface area contributed by atoms with Gasteiger partial charge in [0.1, 0.15) is 22.3 Å². The van der Waals surface area contributed by atoms with E-state index in [1.54, 1.807) is 0 Å². The highest BCUT2D eigenvalue weighted by Crippen LogP contribution is 2.55. The summed E-state index contributed by atoms with van der Waals surface area (Å²) in [5.41, 5.74) is 16.6. The molecule has 0 spiro atoms. The summed E-state index contributed by atoms with van der Waals surface area (Å²) in [6.07, 6.45) is 0. The molecule has 58 heavy (non-hydrogen) atoms. The van der Waals surface area contributed by atoms with E-state index in [1.165, 1.54) is 33.3 Å². The average Bonchev–Trinajstić information content (AvgIpc) is 3.92. The lowest BCUT2D eigenvalue weighted by atomic mass is 9.81. The minimum atomic E-state index is -0.222. The Kier molecular flexibility index (Phi) is 6.98. The number of fused-ring (bicyclic) bond motifs is 11. The quantitative estimate of drug-likeness (QED) is 0.176. The van der Waals surface area contributed by atoms with E-state index in [0.717, 1.165) is 82.9 Å². The predicted molar refractivity (Wildman–Crippen MR) is 242 cm³/mol. The van der Waals surface area contributed by atoms with Gasteiger partial charge in [0.15, 0.2) is 0 Å². The van der Waals surface area contributed by atoms with Gasteiger partial charge in [-0.25, -0.2) is 0 Å². The van der Waals surface area contributed by atoms with Crippen molar-refractivity contribution in [2.24, 2.45) is 0 Å². The fraction of sp³-hybridized carbons (Fsp3) is 0.0545. The minimum Gasteiger partial charge on any atom is -0.456 e. The summed E-state index contributed by atoms with van der Waals surface area (Å²) in [6, 6.07) is 67.8. The van der Waals surface area contributed by atoms with Gasteiger partial charge in [-0.1, -0.05) is 147 Å². The van der Waals surface area contributed by atoms with Gasteiger partial charge in [-0.3, -0.25) is 0 Å². The second-order valence-corrected chi connectivity index (χ2v) is 16.0. The summed E-state index contributed by atoms with van der Waals surface area (Å²) < 4.78 is 12.9. The normalized spacial score (nSPS) is 13.1. The van der Waals surface area contributed by atoms with Crippen molar-refractivity contribution in [2.45, 2.75) is 19.3 Å². The third kappa shape index (κ3) is 4.74. The minimum absolute atomic E-state index is 0.222. The van der Waals surface area contributed by atoms with Gasteiger partial charge in [0.25, 0.3) is 0 Å². The van der Waals surface area contributed by atoms with Crippen molar-refractivity contribution in [1.82, 2.24) is 0 Å². The molecule has 0 saturated heterocycles. The first-order valence-electron chi connectivity index (χ1n) is 20.0. The number of benzene rings is 9. The molecule has 1 aliphatic carbocycles. The molecule has 3 heteroatoms. The van der Waals surface area contributed by atoms with E-state index >= 15 is 0 Å². The van der Waals surface area contributed by atoms with Crippen molar-refractivity contribution in [3.8, 4) is 33.4 Å². The molecule has 0 N–H and O–H groups in total. The average molecular weight is 744 g/mol. The SMILES string of the molecule is CC1(C)c2ccccc2-c2cccc(N(c3ccc(-c4ccc5oc6ccccc6c5c4)cc3)c3ccccc3-c3cccc4oc5c6ccccc6ccc5c34)c21. The van der Waals surface area contributed by atoms with Crippen LogP contribution in [-0.4, -0.2) is 0 Å². The molecule has 11 aromatic rings. The molecule has 274 valence electrons. The zero-order valence-corrected chi connectivity index (χ0v) is 32.2. The van der Waals surface area contributed by atoms with Crippen LogP contribution in [0.2, 0.25) is 0 Å². The molecule has 0 saturated carbocycles. The maximum absolute atomic E-state index is 6.70. The third-order valence-corrected chi connectivity index (χ3v) is 12.5. The van der Waals surface area contributed by atoms with Crippen molar-refractivity contribution in [2.75, 3.05) is 4.90 Å². The third-order valence-electron chi connectivity index (χ3n) is 12.5. The van der Waals surface area contributed by atoms with Crippen LogP contribution < -0.4 is 4.90 Å². The zero-order valence-electron chi connectivity index (χ0n) is 32.2. The van der Waals surface area contributed by atoms with Crippen molar-refractivity contribution >= 4 is 71.7 Å². The monoisotopic (exact) mass is 743 g/mol. The topological polar surface area (TPSA) is 29.5 Å². The summed E-state index contributed by atoms with van der Waals surface area (Å²) in [5, 5.41) is 6.80. The Morgan fingerprint density at radius 2 is 1.07 bits per heavy atom. The molecule has 2 heterocycles. The summed E-state index contributed by atoms with van der Waals surface area (Å²) in [7, 11) is 0. The predicted octanol–water partition coefficient (Wildman–Crippen LogP) is 15.7. The van der Waals surface area contributed by atoms with E-state index in [0.29, 0.717) is 0 Å². The van der Waals surface area contributed by atoms with Crippen LogP contribution in [-0.2, 0) is 5.41 Å². The van der Waals surface area contributed by atoms with Gasteiger partial charge >= 0.3 is 0 Å². The number of para-hydroxylation sites is 2. The van der Waals surface area contributed by atoms with Gasteiger partial charge in [-0.2, -0.15) is 0 Å². The Bertz CT molecular complexity index is 3440. The van der Waals surface area contributed by atoms with E-state index in [1.807, 2.05) is 12.1 Å². The first-order chi connectivity index (χ1) is 28.5. The fourth-order valence-electron chi connectivity index (χ4n) is 9.80. The zero-order chi connectivity index (χ0) is 38.5. The summed E-state index contributed by atoms with van der Waals surface area (Å²) in [6.45, 7) is 4.74. The number of hydrogen-bond acceptors (Lipinski definition) is 3. The Morgan fingerprint density at radius 1 is 0.414 bits per heavy atom. The fourth-order valence-corrected chi connectivity index (χ4v) is 9.80. The number of anilines is 3. The first kappa shape index (κ1) is 32.8. The van der Waals surface area contributed by atoms with Gasteiger partial charge in [-0.15, -0.1) is 0 Å². The smallest absolute Gasteiger partial charge is 0.143 e. The summed E-state index contributed by atoms with van der Waals surface area (Å²) >= 11 is 0. The van der Waals surface area contributed by atoms with Gasteiger partial charge in [-0.05, 0) is 98.9 Å². The molecule has 0 unspecified atom stereocenters. The highest BCUT2D eigenvalue weighted by molar-refractivity contribution is 6.20. The van der Waals surface area contributed by atoms with Crippen LogP contribution in [0.4, 0.5) is 17.1 Å². The van der Waals surface area contributed by atoms with E-state index in [-0.39, 0.29) is 5.41 Å². The number of furan rings is 2. The first-order valence-corrected chi connectivity index (χ1v) is 20.0. The molecule has 0 fully saturated rings. The van der Waals surface area contributed by atoms with Crippen molar-refractivity contribution in [3.63, 3.8) is 0 Å². The van der Waals surface area contributed by atoms with Gasteiger partial charge in [0.2, 0.25) is 0 Å². The molecular weight excluding hydrogens is 707 g/mol. The van der Waals surface area contributed by atoms with Crippen molar-refractivity contribution < 1.29 is 8.83 Å². The molecule has 1 aliphatic rings. The maximum atomic E-state index is 6.70. The Morgan fingerprint density at radius 3 is 1.97 bits per heavy atom. The van der Waals surface area contributed by atoms with Crippen molar-refractivity contribution in [1.29, 1.82) is 0 Å².